The Morgan fingerprint density at radius 2 is 1.19 bits per heavy atom. The van der Waals surface area contributed by atoms with E-state index in [0.29, 0.717) is 12.1 Å². The summed E-state index contributed by atoms with van der Waals surface area (Å²) in [5, 5.41) is 5.63. The van der Waals surface area contributed by atoms with Gasteiger partial charge in [-0.25, -0.2) is 19.6 Å². The van der Waals surface area contributed by atoms with Crippen LogP contribution in [0.1, 0.15) is 32.1 Å². The van der Waals surface area contributed by atoms with Gasteiger partial charge in [0.25, 0.3) is 0 Å². The average molecular weight is 534 g/mol. The summed E-state index contributed by atoms with van der Waals surface area (Å²) in [6, 6.07) is 0.962. The third-order valence-corrected chi connectivity index (χ3v) is 4.20. The number of carbonyl (C=O) groups excluding carboxylic acids is 1. The Morgan fingerprint density at radius 1 is 0.839 bits per heavy atom. The van der Waals surface area contributed by atoms with Gasteiger partial charge in [0.15, 0.2) is 11.4 Å². The lowest BCUT2D eigenvalue weighted by atomic mass is 10.2. The molecule has 0 aliphatic rings. The Labute approximate surface area is 188 Å². The zero-order valence-electron chi connectivity index (χ0n) is 14.5. The van der Waals surface area contributed by atoms with Gasteiger partial charge >= 0.3 is 24.3 Å². The minimum atomic E-state index is -4.72. The Bertz CT molecular complexity index is 1010. The molecule has 0 radical (unpaired) electrons. The number of hydrogen-bond donors (Lipinski definition) is 1. The van der Waals surface area contributed by atoms with E-state index in [1.165, 1.54) is 0 Å². The molecule has 0 amide bonds. The van der Waals surface area contributed by atoms with Crippen LogP contribution in [0.3, 0.4) is 0 Å². The molecular weight excluding hydrogens is 528 g/mol. The van der Waals surface area contributed by atoms with Crippen molar-refractivity contribution in [3.05, 3.63) is 55.0 Å². The van der Waals surface area contributed by atoms with E-state index in [9.17, 15) is 35.9 Å². The second kappa shape index (κ2) is 10.1. The SMILES string of the molecule is COC(=O)c1nc(Cl)c(C(F)(F)F)cc1Cl.O=C(O)c1nc(Cl)c(C(F)(F)F)cc1Cl. The predicted octanol–water partition coefficient (Wildman–Crippen LogP) is 6.30. The number of carboxylic acid groups (broad SMARTS) is 1. The predicted molar refractivity (Wildman–Crippen MR) is 96.8 cm³/mol. The van der Waals surface area contributed by atoms with Gasteiger partial charge in [-0.05, 0) is 12.1 Å². The molecule has 16 heteroatoms. The molecule has 0 aromatic carbocycles. The van der Waals surface area contributed by atoms with Crippen molar-refractivity contribution in [3.63, 3.8) is 0 Å². The lowest BCUT2D eigenvalue weighted by Gasteiger charge is -2.10. The highest BCUT2D eigenvalue weighted by atomic mass is 35.5. The first-order valence-electron chi connectivity index (χ1n) is 7.18. The fraction of sp³-hybridized carbons (Fsp3) is 0.200. The fourth-order valence-electron chi connectivity index (χ4n) is 1.72. The Balaban J connectivity index is 0.000000311. The summed E-state index contributed by atoms with van der Waals surface area (Å²) < 4.78 is 78.0. The van der Waals surface area contributed by atoms with Crippen LogP contribution in [-0.4, -0.2) is 34.1 Å². The second-order valence-electron chi connectivity index (χ2n) is 5.11. The number of halogens is 10. The summed E-state index contributed by atoms with van der Waals surface area (Å²) >= 11 is 21.2. The van der Waals surface area contributed by atoms with E-state index >= 15 is 0 Å². The monoisotopic (exact) mass is 532 g/mol. The van der Waals surface area contributed by atoms with Crippen LogP contribution in [0.25, 0.3) is 0 Å². The number of rotatable bonds is 2. The number of carbonyl (C=O) groups is 2. The van der Waals surface area contributed by atoms with Gasteiger partial charge < -0.3 is 9.84 Å². The van der Waals surface area contributed by atoms with E-state index in [-0.39, 0.29) is 0 Å². The average Bonchev–Trinajstić information content (AvgIpc) is 2.62. The van der Waals surface area contributed by atoms with Crippen molar-refractivity contribution in [3.8, 4) is 0 Å². The van der Waals surface area contributed by atoms with Crippen LogP contribution >= 0.6 is 46.4 Å². The largest absolute Gasteiger partial charge is 0.476 e. The highest BCUT2D eigenvalue weighted by molar-refractivity contribution is 6.35. The highest BCUT2D eigenvalue weighted by Crippen LogP contribution is 2.37. The van der Waals surface area contributed by atoms with E-state index in [1.807, 2.05) is 0 Å². The number of carboxylic acids is 1. The molecule has 2 aromatic rings. The molecule has 0 spiro atoms. The Morgan fingerprint density at radius 3 is 1.52 bits per heavy atom. The third-order valence-electron chi connectivity index (χ3n) is 3.05. The van der Waals surface area contributed by atoms with Gasteiger partial charge in [-0.2, -0.15) is 26.3 Å². The Kier molecular flexibility index (Phi) is 8.77. The molecule has 0 saturated heterocycles. The molecule has 0 unspecified atom stereocenters. The number of alkyl halides is 6. The molecule has 2 aromatic heterocycles. The molecule has 0 atom stereocenters. The molecule has 0 saturated carbocycles. The van der Waals surface area contributed by atoms with Gasteiger partial charge in [-0.1, -0.05) is 46.4 Å². The quantitative estimate of drug-likeness (QED) is 0.277. The number of ether oxygens (including phenoxy) is 1. The summed E-state index contributed by atoms with van der Waals surface area (Å²) in [5.41, 5.74) is -3.64. The van der Waals surface area contributed by atoms with Crippen LogP contribution in [0.15, 0.2) is 12.1 Å². The van der Waals surface area contributed by atoms with E-state index in [4.69, 9.17) is 51.5 Å². The van der Waals surface area contributed by atoms with Gasteiger partial charge in [-0.3, -0.25) is 0 Å². The molecule has 0 aliphatic heterocycles. The Hall–Kier alpha value is -2.02. The molecular formula is C15H6Cl4F6N2O4. The maximum Gasteiger partial charge on any atom is 0.419 e. The topological polar surface area (TPSA) is 89.4 Å². The first-order valence-corrected chi connectivity index (χ1v) is 8.70. The van der Waals surface area contributed by atoms with E-state index in [0.717, 1.165) is 7.11 Å². The third kappa shape index (κ3) is 6.99. The van der Waals surface area contributed by atoms with E-state index in [1.54, 1.807) is 0 Å². The fourth-order valence-corrected chi connectivity index (χ4v) is 2.67. The number of pyridine rings is 2. The number of methoxy groups -OCH3 is 1. The summed E-state index contributed by atoms with van der Waals surface area (Å²) in [6.45, 7) is 0. The standard InChI is InChI=1S/C8H4Cl2F3NO2.C7H2Cl2F3NO2/c1-16-7(15)5-4(9)2-3(6(10)14-5)8(11,12)13;8-3-1-2(7(10,11)12)5(9)13-4(3)6(14)15/h2H,1H3;1H,(H,14,15). The van der Waals surface area contributed by atoms with Crippen molar-refractivity contribution in [2.45, 2.75) is 12.4 Å². The molecule has 0 aliphatic carbocycles. The van der Waals surface area contributed by atoms with Crippen molar-refractivity contribution in [2.75, 3.05) is 7.11 Å². The number of nitrogens with zero attached hydrogens (tertiary/aromatic N) is 2. The lowest BCUT2D eigenvalue weighted by molar-refractivity contribution is -0.138. The van der Waals surface area contributed by atoms with Crippen LogP contribution in [-0.2, 0) is 17.1 Å². The van der Waals surface area contributed by atoms with Crippen LogP contribution < -0.4 is 0 Å². The molecule has 0 bridgehead atoms. The second-order valence-corrected chi connectivity index (χ2v) is 6.64. The molecule has 2 heterocycles. The molecule has 170 valence electrons. The smallest absolute Gasteiger partial charge is 0.419 e. The zero-order chi connectivity index (χ0) is 24.3. The van der Waals surface area contributed by atoms with Crippen molar-refractivity contribution >= 4 is 58.3 Å². The summed E-state index contributed by atoms with van der Waals surface area (Å²) in [4.78, 5) is 27.8. The highest BCUT2D eigenvalue weighted by Gasteiger charge is 2.36. The van der Waals surface area contributed by atoms with Crippen molar-refractivity contribution in [1.29, 1.82) is 0 Å². The normalized spacial score (nSPS) is 11.5. The lowest BCUT2D eigenvalue weighted by Crippen LogP contribution is -2.11. The first-order chi connectivity index (χ1) is 14.0. The molecule has 0 fully saturated rings. The van der Waals surface area contributed by atoms with Crippen LogP contribution in [0.5, 0.6) is 0 Å². The number of hydrogen-bond acceptors (Lipinski definition) is 5. The summed E-state index contributed by atoms with van der Waals surface area (Å²) in [5.74, 6) is -2.50. The van der Waals surface area contributed by atoms with Crippen LogP contribution in [0.2, 0.25) is 20.4 Å². The maximum absolute atomic E-state index is 12.3. The van der Waals surface area contributed by atoms with Gasteiger partial charge in [-0.15, -0.1) is 0 Å². The maximum atomic E-state index is 12.3. The number of aromatic nitrogens is 2. The molecule has 31 heavy (non-hydrogen) atoms. The van der Waals surface area contributed by atoms with E-state index in [2.05, 4.69) is 14.7 Å². The van der Waals surface area contributed by atoms with Gasteiger partial charge in [0.1, 0.15) is 10.3 Å². The van der Waals surface area contributed by atoms with Crippen molar-refractivity contribution in [2.24, 2.45) is 0 Å². The van der Waals surface area contributed by atoms with Gasteiger partial charge in [0.2, 0.25) is 0 Å². The minimum Gasteiger partial charge on any atom is -0.476 e. The molecule has 1 N–H and O–H groups in total. The zero-order valence-corrected chi connectivity index (χ0v) is 17.5. The van der Waals surface area contributed by atoms with Crippen molar-refractivity contribution in [1.82, 2.24) is 9.97 Å². The molecule has 2 rings (SSSR count). The van der Waals surface area contributed by atoms with Crippen LogP contribution in [0.4, 0.5) is 26.3 Å². The van der Waals surface area contributed by atoms with Crippen molar-refractivity contribution < 1.29 is 45.8 Å². The first kappa shape index (κ1) is 27.0. The molecule has 6 nitrogen and oxygen atoms in total. The number of esters is 1. The summed E-state index contributed by atoms with van der Waals surface area (Å²) in [6.07, 6.45) is -9.40. The van der Waals surface area contributed by atoms with Gasteiger partial charge in [0, 0.05) is 0 Å². The minimum absolute atomic E-state index is 0.431. The van der Waals surface area contributed by atoms with Gasteiger partial charge in [0.05, 0.1) is 28.3 Å². The number of aromatic carboxylic acids is 1. The van der Waals surface area contributed by atoms with E-state index < -0.39 is 67.2 Å². The van der Waals surface area contributed by atoms with Crippen LogP contribution in [0, 0.1) is 0 Å². The summed E-state index contributed by atoms with van der Waals surface area (Å²) in [7, 11) is 1.05.